The van der Waals surface area contributed by atoms with Gasteiger partial charge in [0, 0.05) is 23.3 Å². The predicted octanol–water partition coefficient (Wildman–Crippen LogP) is 2.40. The maximum absolute atomic E-state index is 11.2. The Bertz CT molecular complexity index is 763. The molecule has 3 rings (SSSR count). The van der Waals surface area contributed by atoms with E-state index in [9.17, 15) is 4.79 Å². The minimum Gasteiger partial charge on any atom is -0.364 e. The summed E-state index contributed by atoms with van der Waals surface area (Å²) in [6.07, 6.45) is 3.54. The van der Waals surface area contributed by atoms with Crippen molar-refractivity contribution < 1.29 is 4.79 Å². The molecule has 92 valence electrons. The lowest BCUT2D eigenvalue weighted by molar-refractivity contribution is 0.0995. The largest absolute Gasteiger partial charge is 0.364 e. The van der Waals surface area contributed by atoms with Crippen molar-refractivity contribution in [3.05, 3.63) is 60.6 Å². The van der Waals surface area contributed by atoms with Crippen molar-refractivity contribution in [1.29, 1.82) is 0 Å². The van der Waals surface area contributed by atoms with Crippen LogP contribution in [0, 0.1) is 0 Å². The molecule has 0 aliphatic carbocycles. The normalized spacial score (nSPS) is 10.5. The van der Waals surface area contributed by atoms with Crippen molar-refractivity contribution in [2.45, 2.75) is 0 Å². The lowest BCUT2D eigenvalue weighted by atomic mass is 10.0. The zero-order valence-corrected chi connectivity index (χ0v) is 10.1. The van der Waals surface area contributed by atoms with Gasteiger partial charge in [0.05, 0.1) is 5.69 Å². The smallest absolute Gasteiger partial charge is 0.267 e. The maximum Gasteiger partial charge on any atom is 0.267 e. The number of nitrogens with two attached hydrogens (primary N) is 1. The third-order valence-corrected chi connectivity index (χ3v) is 2.96. The van der Waals surface area contributed by atoms with Gasteiger partial charge in [-0.2, -0.15) is 0 Å². The van der Waals surface area contributed by atoms with E-state index in [1.54, 1.807) is 24.5 Å². The van der Waals surface area contributed by atoms with E-state index in [-0.39, 0.29) is 5.69 Å². The van der Waals surface area contributed by atoms with Crippen LogP contribution in [0.15, 0.2) is 54.9 Å². The van der Waals surface area contributed by atoms with Crippen molar-refractivity contribution in [2.24, 2.45) is 5.73 Å². The van der Waals surface area contributed by atoms with Crippen LogP contribution in [0.5, 0.6) is 0 Å². The SMILES string of the molecule is NC(=O)c1cccc(-c2cccc3cnccc23)n1. The molecule has 2 heterocycles. The van der Waals surface area contributed by atoms with Crippen molar-refractivity contribution in [2.75, 3.05) is 0 Å². The van der Waals surface area contributed by atoms with Gasteiger partial charge >= 0.3 is 0 Å². The molecule has 0 atom stereocenters. The summed E-state index contributed by atoms with van der Waals surface area (Å²) in [4.78, 5) is 19.6. The molecule has 0 saturated carbocycles. The van der Waals surface area contributed by atoms with Crippen LogP contribution in [0.4, 0.5) is 0 Å². The van der Waals surface area contributed by atoms with Crippen molar-refractivity contribution >= 4 is 16.7 Å². The summed E-state index contributed by atoms with van der Waals surface area (Å²) in [7, 11) is 0. The third kappa shape index (κ3) is 2.04. The maximum atomic E-state index is 11.2. The van der Waals surface area contributed by atoms with Crippen LogP contribution >= 0.6 is 0 Å². The molecule has 0 bridgehead atoms. The molecule has 0 aliphatic rings. The molecular weight excluding hydrogens is 238 g/mol. The number of benzene rings is 1. The van der Waals surface area contributed by atoms with E-state index in [4.69, 9.17) is 5.73 Å². The van der Waals surface area contributed by atoms with Gasteiger partial charge in [0.2, 0.25) is 0 Å². The van der Waals surface area contributed by atoms with Crippen molar-refractivity contribution in [3.8, 4) is 11.3 Å². The van der Waals surface area contributed by atoms with Gasteiger partial charge in [-0.1, -0.05) is 24.3 Å². The first-order valence-corrected chi connectivity index (χ1v) is 5.86. The summed E-state index contributed by atoms with van der Waals surface area (Å²) in [6.45, 7) is 0. The number of amides is 1. The van der Waals surface area contributed by atoms with Crippen LogP contribution < -0.4 is 5.73 Å². The zero-order valence-electron chi connectivity index (χ0n) is 10.1. The van der Waals surface area contributed by atoms with Gasteiger partial charge in [0.15, 0.2) is 0 Å². The predicted molar refractivity (Wildman–Crippen MR) is 73.5 cm³/mol. The number of rotatable bonds is 2. The topological polar surface area (TPSA) is 68.9 Å². The van der Waals surface area contributed by atoms with Crippen LogP contribution in [0.2, 0.25) is 0 Å². The Morgan fingerprint density at radius 2 is 1.89 bits per heavy atom. The average molecular weight is 249 g/mol. The number of aromatic nitrogens is 2. The van der Waals surface area contributed by atoms with Gasteiger partial charge in [0.1, 0.15) is 5.69 Å². The molecule has 1 aromatic carbocycles. The van der Waals surface area contributed by atoms with Crippen molar-refractivity contribution in [3.63, 3.8) is 0 Å². The molecule has 19 heavy (non-hydrogen) atoms. The summed E-state index contributed by atoms with van der Waals surface area (Å²) in [6, 6.07) is 13.1. The molecule has 0 fully saturated rings. The van der Waals surface area contributed by atoms with E-state index in [2.05, 4.69) is 9.97 Å². The van der Waals surface area contributed by atoms with E-state index in [1.807, 2.05) is 30.3 Å². The molecule has 3 aromatic rings. The van der Waals surface area contributed by atoms with Crippen LogP contribution in [0.1, 0.15) is 10.5 Å². The molecular formula is C15H11N3O. The molecule has 1 amide bonds. The summed E-state index contributed by atoms with van der Waals surface area (Å²) in [5, 5.41) is 2.08. The second-order valence-corrected chi connectivity index (χ2v) is 4.17. The number of fused-ring (bicyclic) bond motifs is 1. The van der Waals surface area contributed by atoms with Gasteiger partial charge in [-0.05, 0) is 23.6 Å². The fourth-order valence-corrected chi connectivity index (χ4v) is 2.07. The standard InChI is InChI=1S/C15H11N3O/c16-15(19)14-6-2-5-13(18-14)12-4-1-3-10-9-17-8-7-11(10)12/h1-9H,(H2,16,19). The van der Waals surface area contributed by atoms with E-state index >= 15 is 0 Å². The Labute approximate surface area is 109 Å². The molecule has 0 spiro atoms. The number of nitrogens with zero attached hydrogens (tertiary/aromatic N) is 2. The van der Waals surface area contributed by atoms with E-state index in [1.165, 1.54) is 0 Å². The monoisotopic (exact) mass is 249 g/mol. The van der Waals surface area contributed by atoms with Gasteiger partial charge in [-0.25, -0.2) is 4.98 Å². The Morgan fingerprint density at radius 3 is 2.74 bits per heavy atom. The fraction of sp³-hybridized carbons (Fsp3) is 0. The van der Waals surface area contributed by atoms with Gasteiger partial charge < -0.3 is 5.73 Å². The highest BCUT2D eigenvalue weighted by atomic mass is 16.1. The average Bonchev–Trinajstić information content (AvgIpc) is 2.47. The molecule has 0 unspecified atom stereocenters. The molecule has 0 aliphatic heterocycles. The second-order valence-electron chi connectivity index (χ2n) is 4.17. The van der Waals surface area contributed by atoms with Crippen molar-refractivity contribution in [1.82, 2.24) is 9.97 Å². The minimum atomic E-state index is -0.524. The lowest BCUT2D eigenvalue weighted by Crippen LogP contribution is -2.13. The molecule has 0 saturated heterocycles. The number of carbonyl (C=O) groups is 1. The van der Waals surface area contributed by atoms with Crippen LogP contribution in [0.3, 0.4) is 0 Å². The van der Waals surface area contributed by atoms with Gasteiger partial charge in [-0.15, -0.1) is 0 Å². The third-order valence-electron chi connectivity index (χ3n) is 2.96. The van der Waals surface area contributed by atoms with E-state index in [0.29, 0.717) is 0 Å². The molecule has 4 nitrogen and oxygen atoms in total. The fourth-order valence-electron chi connectivity index (χ4n) is 2.07. The lowest BCUT2D eigenvalue weighted by Gasteiger charge is -2.06. The number of carbonyl (C=O) groups excluding carboxylic acids is 1. The highest BCUT2D eigenvalue weighted by Gasteiger charge is 2.07. The Morgan fingerprint density at radius 1 is 1.05 bits per heavy atom. The van der Waals surface area contributed by atoms with E-state index < -0.39 is 5.91 Å². The minimum absolute atomic E-state index is 0.267. The second kappa shape index (κ2) is 4.49. The summed E-state index contributed by atoms with van der Waals surface area (Å²) in [5.41, 5.74) is 7.22. The first-order chi connectivity index (χ1) is 9.25. The quantitative estimate of drug-likeness (QED) is 0.758. The Balaban J connectivity index is 2.24. The molecule has 2 N–H and O–H groups in total. The summed E-state index contributed by atoms with van der Waals surface area (Å²) >= 11 is 0. The first kappa shape index (κ1) is 11.3. The Hall–Kier alpha value is -2.75. The van der Waals surface area contributed by atoms with Gasteiger partial charge in [-0.3, -0.25) is 9.78 Å². The highest BCUT2D eigenvalue weighted by molar-refractivity contribution is 5.96. The number of pyridine rings is 2. The van der Waals surface area contributed by atoms with Crippen LogP contribution in [-0.4, -0.2) is 15.9 Å². The zero-order chi connectivity index (χ0) is 13.2. The van der Waals surface area contributed by atoms with Crippen LogP contribution in [0.25, 0.3) is 22.0 Å². The van der Waals surface area contributed by atoms with Gasteiger partial charge in [0.25, 0.3) is 5.91 Å². The highest BCUT2D eigenvalue weighted by Crippen LogP contribution is 2.26. The summed E-state index contributed by atoms with van der Waals surface area (Å²) < 4.78 is 0. The molecule has 0 radical (unpaired) electrons. The molecule has 2 aromatic heterocycles. The van der Waals surface area contributed by atoms with E-state index in [0.717, 1.165) is 22.0 Å². The van der Waals surface area contributed by atoms with Crippen LogP contribution in [-0.2, 0) is 0 Å². The summed E-state index contributed by atoms with van der Waals surface area (Å²) in [5.74, 6) is -0.524. The number of primary amides is 1. The number of hydrogen-bond donors (Lipinski definition) is 1. The Kier molecular flexibility index (Phi) is 2.68. The number of hydrogen-bond acceptors (Lipinski definition) is 3. The first-order valence-electron chi connectivity index (χ1n) is 5.86. The molecule has 4 heteroatoms.